The Hall–Kier alpha value is -0.0400. The molecule has 1 aromatic rings. The van der Waals surface area contributed by atoms with Gasteiger partial charge >= 0.3 is 0 Å². The van der Waals surface area contributed by atoms with Crippen LogP contribution >= 0.6 is 34.8 Å². The number of piperazine rings is 1. The molecule has 1 aromatic carbocycles. The summed E-state index contributed by atoms with van der Waals surface area (Å²) in [5.74, 6) is 0.0732. The Morgan fingerprint density at radius 3 is 2.30 bits per heavy atom. The Labute approximate surface area is 134 Å². The average molecular weight is 358 g/mol. The van der Waals surface area contributed by atoms with Crippen LogP contribution in [0.2, 0.25) is 10.0 Å². The minimum Gasteiger partial charge on any atom is -0.304 e. The maximum absolute atomic E-state index is 12.6. The summed E-state index contributed by atoms with van der Waals surface area (Å²) in [6.07, 6.45) is 0. The van der Waals surface area contributed by atoms with Gasteiger partial charge in [-0.05, 0) is 19.2 Å². The van der Waals surface area contributed by atoms with Crippen molar-refractivity contribution >= 4 is 44.8 Å². The maximum atomic E-state index is 12.6. The molecule has 1 saturated heterocycles. The van der Waals surface area contributed by atoms with E-state index in [1.165, 1.54) is 16.4 Å². The maximum Gasteiger partial charge on any atom is 0.244 e. The number of halogens is 3. The summed E-state index contributed by atoms with van der Waals surface area (Å²) in [5.41, 5.74) is 0.449. The SMILES string of the molecule is CN1CCN(S(=O)(=O)c2ccc(Cl)c(CCl)c2Cl)CC1. The minimum absolute atomic E-state index is 0.0729. The topological polar surface area (TPSA) is 40.6 Å². The summed E-state index contributed by atoms with van der Waals surface area (Å²) in [6, 6.07) is 2.96. The van der Waals surface area contributed by atoms with Crippen molar-refractivity contribution in [1.29, 1.82) is 0 Å². The molecule has 0 N–H and O–H groups in total. The van der Waals surface area contributed by atoms with Crippen molar-refractivity contribution in [2.24, 2.45) is 0 Å². The van der Waals surface area contributed by atoms with Crippen molar-refractivity contribution in [2.45, 2.75) is 10.8 Å². The monoisotopic (exact) mass is 356 g/mol. The third kappa shape index (κ3) is 3.08. The van der Waals surface area contributed by atoms with E-state index in [9.17, 15) is 8.42 Å². The van der Waals surface area contributed by atoms with Gasteiger partial charge in [0.05, 0.1) is 10.9 Å². The molecule has 0 atom stereocenters. The summed E-state index contributed by atoms with van der Waals surface area (Å²) in [7, 11) is -1.64. The summed E-state index contributed by atoms with van der Waals surface area (Å²) in [4.78, 5) is 2.16. The van der Waals surface area contributed by atoms with Crippen molar-refractivity contribution in [1.82, 2.24) is 9.21 Å². The second-order valence-corrected chi connectivity index (χ2v) is 7.64. The van der Waals surface area contributed by atoms with E-state index in [1.807, 2.05) is 7.05 Å². The van der Waals surface area contributed by atoms with Crippen LogP contribution in [0, 0.1) is 0 Å². The molecule has 1 aliphatic heterocycles. The average Bonchev–Trinajstić information content (AvgIpc) is 2.39. The van der Waals surface area contributed by atoms with Gasteiger partial charge in [0, 0.05) is 36.8 Å². The molecule has 1 heterocycles. The van der Waals surface area contributed by atoms with Crippen molar-refractivity contribution in [3.63, 3.8) is 0 Å². The number of hydrogen-bond donors (Lipinski definition) is 0. The number of sulfonamides is 1. The standard InChI is InChI=1S/C12H15Cl3N2O2S/c1-16-4-6-17(7-5-16)20(18,19)11-3-2-10(14)9(8-13)12(11)15/h2-3H,4-8H2,1H3. The van der Waals surface area contributed by atoms with E-state index >= 15 is 0 Å². The highest BCUT2D eigenvalue weighted by atomic mass is 35.5. The molecule has 0 bridgehead atoms. The van der Waals surface area contributed by atoms with Crippen LogP contribution in [0.1, 0.15) is 5.56 Å². The predicted octanol–water partition coefficient (Wildman–Crippen LogP) is 2.67. The zero-order valence-electron chi connectivity index (χ0n) is 10.9. The van der Waals surface area contributed by atoms with E-state index in [1.54, 1.807) is 0 Å². The lowest BCUT2D eigenvalue weighted by Gasteiger charge is -2.31. The van der Waals surface area contributed by atoms with Crippen molar-refractivity contribution in [2.75, 3.05) is 33.2 Å². The van der Waals surface area contributed by atoms with Crippen LogP contribution < -0.4 is 0 Å². The lowest BCUT2D eigenvalue weighted by atomic mass is 10.2. The van der Waals surface area contributed by atoms with Gasteiger partial charge in [0.1, 0.15) is 4.90 Å². The number of rotatable bonds is 3. The number of likely N-dealkylation sites (N-methyl/N-ethyl adjacent to an activating group) is 1. The summed E-state index contributed by atoms with van der Waals surface area (Å²) >= 11 is 17.9. The van der Waals surface area contributed by atoms with Gasteiger partial charge in [-0.25, -0.2) is 8.42 Å². The highest BCUT2D eigenvalue weighted by Crippen LogP contribution is 2.33. The van der Waals surface area contributed by atoms with Crippen LogP contribution in [0.25, 0.3) is 0 Å². The Bertz CT molecular complexity index is 599. The molecule has 1 fully saturated rings. The van der Waals surface area contributed by atoms with Crippen molar-refractivity contribution < 1.29 is 8.42 Å². The molecule has 0 aliphatic carbocycles. The molecule has 0 aromatic heterocycles. The molecule has 112 valence electrons. The largest absolute Gasteiger partial charge is 0.304 e. The van der Waals surface area contributed by atoms with Crippen LogP contribution in [-0.4, -0.2) is 50.8 Å². The van der Waals surface area contributed by atoms with Gasteiger partial charge < -0.3 is 4.90 Å². The highest BCUT2D eigenvalue weighted by molar-refractivity contribution is 7.89. The lowest BCUT2D eigenvalue weighted by molar-refractivity contribution is 0.222. The Morgan fingerprint density at radius 2 is 1.75 bits per heavy atom. The van der Waals surface area contributed by atoms with Gasteiger partial charge in [-0.15, -0.1) is 11.6 Å². The van der Waals surface area contributed by atoms with E-state index in [0.717, 1.165) is 0 Å². The first kappa shape index (κ1) is 16.3. The molecule has 0 spiro atoms. The summed E-state index contributed by atoms with van der Waals surface area (Å²) < 4.78 is 26.7. The molecule has 0 saturated carbocycles. The Kier molecular flexibility index (Phi) is 5.21. The van der Waals surface area contributed by atoms with Gasteiger partial charge in [-0.1, -0.05) is 23.2 Å². The molecule has 20 heavy (non-hydrogen) atoms. The first-order valence-electron chi connectivity index (χ1n) is 6.09. The lowest BCUT2D eigenvalue weighted by Crippen LogP contribution is -2.47. The minimum atomic E-state index is -3.61. The zero-order valence-corrected chi connectivity index (χ0v) is 14.0. The van der Waals surface area contributed by atoms with Gasteiger partial charge in [-0.3, -0.25) is 0 Å². The number of alkyl halides is 1. The number of benzene rings is 1. The van der Waals surface area contributed by atoms with Crippen LogP contribution in [0.15, 0.2) is 17.0 Å². The summed E-state index contributed by atoms with van der Waals surface area (Å²) in [5, 5.41) is 0.494. The molecular formula is C12H15Cl3N2O2S. The second kappa shape index (κ2) is 6.38. The molecule has 0 radical (unpaired) electrons. The molecule has 4 nitrogen and oxygen atoms in total. The molecular weight excluding hydrogens is 343 g/mol. The van der Waals surface area contributed by atoms with E-state index < -0.39 is 10.0 Å². The van der Waals surface area contributed by atoms with Crippen LogP contribution in [-0.2, 0) is 15.9 Å². The van der Waals surface area contributed by atoms with Crippen molar-refractivity contribution in [3.8, 4) is 0 Å². The van der Waals surface area contributed by atoms with Gasteiger partial charge in [0.2, 0.25) is 10.0 Å². The third-order valence-electron chi connectivity index (χ3n) is 3.36. The zero-order chi connectivity index (χ0) is 14.9. The summed E-state index contributed by atoms with van der Waals surface area (Å²) in [6.45, 7) is 2.31. The smallest absolute Gasteiger partial charge is 0.244 e. The van der Waals surface area contributed by atoms with E-state index in [0.29, 0.717) is 36.8 Å². The van der Waals surface area contributed by atoms with Gasteiger partial charge in [0.25, 0.3) is 0 Å². The second-order valence-electron chi connectivity index (χ2n) is 4.68. The molecule has 8 heteroatoms. The molecule has 0 unspecified atom stereocenters. The normalized spacial score (nSPS) is 18.4. The fourth-order valence-electron chi connectivity index (χ4n) is 2.07. The van der Waals surface area contributed by atoms with Crippen LogP contribution in [0.3, 0.4) is 0 Å². The number of hydrogen-bond acceptors (Lipinski definition) is 3. The quantitative estimate of drug-likeness (QED) is 0.781. The van der Waals surface area contributed by atoms with Gasteiger partial charge in [0.15, 0.2) is 0 Å². The molecule has 2 rings (SSSR count). The molecule has 1 aliphatic rings. The Morgan fingerprint density at radius 1 is 1.15 bits per heavy atom. The van der Waals surface area contributed by atoms with E-state index in [4.69, 9.17) is 34.8 Å². The Balaban J connectivity index is 2.40. The van der Waals surface area contributed by atoms with Crippen LogP contribution in [0.5, 0.6) is 0 Å². The fraction of sp³-hybridized carbons (Fsp3) is 0.500. The van der Waals surface area contributed by atoms with E-state index in [-0.39, 0.29) is 15.8 Å². The fourth-order valence-corrected chi connectivity index (χ4v) is 4.79. The van der Waals surface area contributed by atoms with E-state index in [2.05, 4.69) is 4.90 Å². The number of nitrogens with zero attached hydrogens (tertiary/aromatic N) is 2. The highest BCUT2D eigenvalue weighted by Gasteiger charge is 2.30. The molecule has 0 amide bonds. The van der Waals surface area contributed by atoms with Gasteiger partial charge in [-0.2, -0.15) is 4.31 Å². The first-order chi connectivity index (χ1) is 9.37. The van der Waals surface area contributed by atoms with Crippen LogP contribution in [0.4, 0.5) is 0 Å². The predicted molar refractivity (Wildman–Crippen MR) is 82.3 cm³/mol. The third-order valence-corrected chi connectivity index (χ3v) is 6.47. The first-order valence-corrected chi connectivity index (χ1v) is 8.82. The van der Waals surface area contributed by atoms with Crippen molar-refractivity contribution in [3.05, 3.63) is 27.7 Å².